The molecule has 1 heterocycles. The van der Waals surface area contributed by atoms with Gasteiger partial charge >= 0.3 is 12.4 Å². The van der Waals surface area contributed by atoms with Gasteiger partial charge in [-0.25, -0.2) is 13.4 Å². The second-order valence-electron chi connectivity index (χ2n) is 9.76. The van der Waals surface area contributed by atoms with Gasteiger partial charge in [0.1, 0.15) is 0 Å². The Morgan fingerprint density at radius 3 is 1.67 bits per heavy atom. The average molecular weight is 668 g/mol. The van der Waals surface area contributed by atoms with Crippen LogP contribution in [0.1, 0.15) is 16.7 Å². The third-order valence-electron chi connectivity index (χ3n) is 6.51. The molecule has 0 radical (unpaired) electrons. The zero-order valence-corrected chi connectivity index (χ0v) is 24.7. The maximum Gasteiger partial charge on any atom is 0.416 e. The van der Waals surface area contributed by atoms with E-state index in [4.69, 9.17) is 11.6 Å². The van der Waals surface area contributed by atoms with Crippen LogP contribution >= 0.6 is 11.6 Å². The van der Waals surface area contributed by atoms with Crippen molar-refractivity contribution < 1.29 is 39.6 Å². The molecule has 0 atom stereocenters. The first-order chi connectivity index (χ1) is 21.0. The van der Waals surface area contributed by atoms with Gasteiger partial charge in [-0.2, -0.15) is 26.3 Å². The molecule has 0 aliphatic heterocycles. The smallest absolute Gasteiger partial charge is 0.380 e. The Labute approximate surface area is 259 Å². The topological polar surface area (TPSA) is 88.2 Å². The number of hydrogen-bond acceptors (Lipinski definition) is 5. The number of hydrogen-bond donors (Lipinski definition) is 2. The highest BCUT2D eigenvalue weighted by Gasteiger charge is 2.31. The molecule has 0 saturated carbocycles. The fourth-order valence-corrected chi connectivity index (χ4v) is 5.39. The van der Waals surface area contributed by atoms with Crippen molar-refractivity contribution in [2.75, 3.05) is 12.3 Å². The van der Waals surface area contributed by atoms with Gasteiger partial charge in [-0.3, -0.25) is 4.79 Å². The Morgan fingerprint density at radius 1 is 0.756 bits per heavy atom. The van der Waals surface area contributed by atoms with Gasteiger partial charge in [0, 0.05) is 29.2 Å². The molecule has 0 bridgehead atoms. The van der Waals surface area contributed by atoms with Gasteiger partial charge in [0.25, 0.3) is 5.91 Å². The minimum absolute atomic E-state index is 0.0640. The van der Waals surface area contributed by atoms with Gasteiger partial charge < -0.3 is 10.6 Å². The SMILES string of the molecule is C=C(NCCS(=O)(=O)c1ccc(Cl)cc1)C(=O)NCc1cc(-c2ccc(C(F)(F)F)cc2)nc(-c2ccc(C(F)(F)F)cc2)c1. The predicted octanol–water partition coefficient (Wildman–Crippen LogP) is 7.30. The Hall–Kier alpha value is -4.36. The number of sulfone groups is 1. The summed E-state index contributed by atoms with van der Waals surface area (Å²) in [5.74, 6) is -0.999. The van der Waals surface area contributed by atoms with Gasteiger partial charge in [0.15, 0.2) is 9.84 Å². The number of carbonyl (C=O) groups is 1. The average Bonchev–Trinajstić information content (AvgIpc) is 2.99. The van der Waals surface area contributed by atoms with Crippen LogP contribution in [0.5, 0.6) is 0 Å². The third-order valence-corrected chi connectivity index (χ3v) is 8.49. The molecule has 0 aliphatic carbocycles. The third kappa shape index (κ3) is 8.85. The summed E-state index contributed by atoms with van der Waals surface area (Å²) < 4.78 is 103. The summed E-state index contributed by atoms with van der Waals surface area (Å²) >= 11 is 5.80. The van der Waals surface area contributed by atoms with Crippen LogP contribution < -0.4 is 10.6 Å². The lowest BCUT2D eigenvalue weighted by Crippen LogP contribution is -2.33. The van der Waals surface area contributed by atoms with Crippen LogP contribution in [0.2, 0.25) is 5.02 Å². The quantitative estimate of drug-likeness (QED) is 0.137. The highest BCUT2D eigenvalue weighted by Crippen LogP contribution is 2.33. The van der Waals surface area contributed by atoms with E-state index >= 15 is 0 Å². The molecule has 14 heteroatoms. The summed E-state index contributed by atoms with van der Waals surface area (Å²) in [6.07, 6.45) is -9.11. The number of carbonyl (C=O) groups excluding carboxylic acids is 1. The molecule has 4 rings (SSSR count). The van der Waals surface area contributed by atoms with Crippen LogP contribution in [0, 0.1) is 0 Å². The summed E-state index contributed by atoms with van der Waals surface area (Å²) in [4.78, 5) is 17.2. The van der Waals surface area contributed by atoms with E-state index in [9.17, 15) is 39.6 Å². The molecular formula is C31H24ClF6N3O3S. The Balaban J connectivity index is 1.50. The van der Waals surface area contributed by atoms with Crippen molar-refractivity contribution in [3.8, 4) is 22.5 Å². The molecule has 3 aromatic carbocycles. The zero-order chi connectivity index (χ0) is 33.0. The van der Waals surface area contributed by atoms with Gasteiger partial charge in [0.05, 0.1) is 38.9 Å². The van der Waals surface area contributed by atoms with Crippen LogP contribution in [-0.2, 0) is 33.5 Å². The summed E-state index contributed by atoms with van der Waals surface area (Å²) in [7, 11) is -3.66. The second kappa shape index (κ2) is 13.3. The van der Waals surface area contributed by atoms with E-state index in [-0.39, 0.29) is 40.8 Å². The molecule has 1 aromatic heterocycles. The molecule has 2 N–H and O–H groups in total. The van der Waals surface area contributed by atoms with E-state index in [2.05, 4.69) is 22.2 Å². The van der Waals surface area contributed by atoms with Crippen molar-refractivity contribution in [2.45, 2.75) is 23.8 Å². The van der Waals surface area contributed by atoms with Crippen LogP contribution in [0.25, 0.3) is 22.5 Å². The van der Waals surface area contributed by atoms with E-state index in [0.29, 0.717) is 21.7 Å². The van der Waals surface area contributed by atoms with Gasteiger partial charge in [0.2, 0.25) is 0 Å². The number of rotatable bonds is 10. The van der Waals surface area contributed by atoms with Crippen molar-refractivity contribution in [1.29, 1.82) is 0 Å². The number of alkyl halides is 6. The summed E-state index contributed by atoms with van der Waals surface area (Å²) in [6.45, 7) is 3.38. The van der Waals surface area contributed by atoms with Crippen molar-refractivity contribution >= 4 is 27.3 Å². The number of nitrogens with one attached hydrogen (secondary N) is 2. The van der Waals surface area contributed by atoms with Gasteiger partial charge in [-0.05, 0) is 66.2 Å². The van der Waals surface area contributed by atoms with E-state index in [1.807, 2.05) is 0 Å². The van der Waals surface area contributed by atoms with Crippen LogP contribution in [-0.4, -0.2) is 31.6 Å². The molecule has 236 valence electrons. The standard InChI is InChI=1S/C31H24ClF6N3O3S/c1-19(39-14-15-45(43,44)26-12-10-25(32)11-13-26)29(42)40-18-20-16-27(21-2-6-23(7-3-21)30(33,34)35)41-28(17-20)22-4-8-24(9-5-22)31(36,37)38/h2-13,16-17,39H,1,14-15,18H2,(H,40,42). The fraction of sp³-hybridized carbons (Fsp3) is 0.161. The lowest BCUT2D eigenvalue weighted by molar-refractivity contribution is -0.138. The minimum Gasteiger partial charge on any atom is -0.380 e. The van der Waals surface area contributed by atoms with E-state index in [1.54, 1.807) is 0 Å². The molecule has 0 saturated heterocycles. The molecule has 4 aromatic rings. The minimum atomic E-state index is -4.56. The molecular weight excluding hydrogens is 644 g/mol. The van der Waals surface area contributed by atoms with Crippen molar-refractivity contribution in [3.63, 3.8) is 0 Å². The van der Waals surface area contributed by atoms with Crippen molar-refractivity contribution in [1.82, 2.24) is 15.6 Å². The van der Waals surface area contributed by atoms with E-state index < -0.39 is 39.2 Å². The number of aromatic nitrogens is 1. The number of pyridine rings is 1. The molecule has 6 nitrogen and oxygen atoms in total. The monoisotopic (exact) mass is 667 g/mol. The van der Waals surface area contributed by atoms with Crippen molar-refractivity contribution in [2.24, 2.45) is 0 Å². The summed E-state index contributed by atoms with van der Waals surface area (Å²) in [6, 6.07) is 17.0. The Morgan fingerprint density at radius 2 is 1.22 bits per heavy atom. The number of nitrogens with zero attached hydrogens (tertiary/aromatic N) is 1. The largest absolute Gasteiger partial charge is 0.416 e. The molecule has 1 amide bonds. The first-order valence-electron chi connectivity index (χ1n) is 13.1. The normalized spacial score (nSPS) is 12.1. The molecule has 0 fully saturated rings. The maximum atomic E-state index is 13.1. The predicted molar refractivity (Wildman–Crippen MR) is 158 cm³/mol. The Kier molecular flexibility index (Phi) is 9.93. The van der Waals surface area contributed by atoms with Crippen LogP contribution in [0.15, 0.2) is 102 Å². The highest BCUT2D eigenvalue weighted by molar-refractivity contribution is 7.91. The second-order valence-corrected chi connectivity index (χ2v) is 12.3. The van der Waals surface area contributed by atoms with Gasteiger partial charge in [-0.15, -0.1) is 0 Å². The summed E-state index contributed by atoms with van der Waals surface area (Å²) in [5.41, 5.74) is -0.393. The maximum absolute atomic E-state index is 13.1. The zero-order valence-electron chi connectivity index (χ0n) is 23.1. The van der Waals surface area contributed by atoms with Crippen LogP contribution in [0.4, 0.5) is 26.3 Å². The van der Waals surface area contributed by atoms with E-state index in [0.717, 1.165) is 24.3 Å². The fourth-order valence-electron chi connectivity index (χ4n) is 4.11. The number of benzene rings is 3. The Bertz CT molecular complexity index is 1720. The number of halogens is 7. The lowest BCUT2D eigenvalue weighted by atomic mass is 10.0. The van der Waals surface area contributed by atoms with E-state index in [1.165, 1.54) is 60.7 Å². The molecule has 0 aliphatic rings. The highest BCUT2D eigenvalue weighted by atomic mass is 35.5. The van der Waals surface area contributed by atoms with Gasteiger partial charge in [-0.1, -0.05) is 42.4 Å². The molecule has 45 heavy (non-hydrogen) atoms. The lowest BCUT2D eigenvalue weighted by Gasteiger charge is -2.14. The first kappa shape index (κ1) is 33.5. The summed E-state index contributed by atoms with van der Waals surface area (Å²) in [5, 5.41) is 5.65. The van der Waals surface area contributed by atoms with Crippen LogP contribution in [0.3, 0.4) is 0 Å². The molecule has 0 spiro atoms. The number of amides is 1. The molecule has 0 unspecified atom stereocenters. The van der Waals surface area contributed by atoms with Crippen molar-refractivity contribution in [3.05, 3.63) is 119 Å². The first-order valence-corrected chi connectivity index (χ1v) is 15.1.